The van der Waals surface area contributed by atoms with Gasteiger partial charge in [0.15, 0.2) is 0 Å². The number of carboxylic acid groups (broad SMARTS) is 1. The smallest absolute Gasteiger partial charge is 0.310 e. The van der Waals surface area contributed by atoms with Gasteiger partial charge in [-0.25, -0.2) is 0 Å². The molecule has 98 valence electrons. The van der Waals surface area contributed by atoms with Crippen LogP contribution in [0.15, 0.2) is 24.3 Å². The van der Waals surface area contributed by atoms with Crippen LogP contribution >= 0.6 is 0 Å². The van der Waals surface area contributed by atoms with Gasteiger partial charge >= 0.3 is 5.97 Å². The van der Waals surface area contributed by atoms with Crippen LogP contribution in [0.2, 0.25) is 0 Å². The maximum Gasteiger partial charge on any atom is 0.310 e. The largest absolute Gasteiger partial charge is 0.493 e. The third-order valence-corrected chi connectivity index (χ3v) is 3.33. The molecule has 1 aliphatic heterocycles. The zero-order valence-corrected chi connectivity index (χ0v) is 10.8. The fourth-order valence-electron chi connectivity index (χ4n) is 2.01. The molecule has 0 saturated carbocycles. The van der Waals surface area contributed by atoms with Crippen molar-refractivity contribution in [1.29, 1.82) is 0 Å². The minimum absolute atomic E-state index is 0.175. The normalized spacial score (nSPS) is 18.9. The molecule has 0 spiro atoms. The second-order valence-corrected chi connectivity index (χ2v) is 5.30. The Morgan fingerprint density at radius 2 is 2.22 bits per heavy atom. The second kappa shape index (κ2) is 4.98. The number of carbonyl (C=O) groups is 1. The highest BCUT2D eigenvalue weighted by molar-refractivity contribution is 5.73. The number of benzene rings is 1. The molecule has 0 aliphatic carbocycles. The van der Waals surface area contributed by atoms with E-state index in [1.807, 2.05) is 24.3 Å². The van der Waals surface area contributed by atoms with Gasteiger partial charge < -0.3 is 15.2 Å². The highest BCUT2D eigenvalue weighted by Crippen LogP contribution is 2.32. The zero-order chi connectivity index (χ0) is 13.2. The van der Waals surface area contributed by atoms with Crippen molar-refractivity contribution in [3.63, 3.8) is 0 Å². The average Bonchev–Trinajstić information content (AvgIpc) is 2.36. The van der Waals surface area contributed by atoms with Gasteiger partial charge in [0.05, 0.1) is 12.0 Å². The van der Waals surface area contributed by atoms with Crippen LogP contribution in [0.3, 0.4) is 0 Å². The van der Waals surface area contributed by atoms with Gasteiger partial charge in [-0.15, -0.1) is 0 Å². The first-order valence-corrected chi connectivity index (χ1v) is 6.19. The van der Waals surface area contributed by atoms with E-state index in [1.54, 1.807) is 13.8 Å². The molecule has 18 heavy (non-hydrogen) atoms. The van der Waals surface area contributed by atoms with Crippen LogP contribution in [0.5, 0.6) is 5.75 Å². The lowest BCUT2D eigenvalue weighted by atomic mass is 9.92. The van der Waals surface area contributed by atoms with E-state index in [2.05, 4.69) is 5.32 Å². The van der Waals surface area contributed by atoms with E-state index >= 15 is 0 Å². The lowest BCUT2D eigenvalue weighted by Crippen LogP contribution is -2.39. The Bertz CT molecular complexity index is 442. The van der Waals surface area contributed by atoms with E-state index in [0.717, 1.165) is 17.7 Å². The Kier molecular flexibility index (Phi) is 3.57. The summed E-state index contributed by atoms with van der Waals surface area (Å²) in [7, 11) is 0. The highest BCUT2D eigenvalue weighted by Gasteiger charge is 2.29. The van der Waals surface area contributed by atoms with Gasteiger partial charge in [0, 0.05) is 24.6 Å². The number of hydrogen-bond donors (Lipinski definition) is 2. The number of nitrogens with one attached hydrogen (secondary N) is 1. The van der Waals surface area contributed by atoms with Gasteiger partial charge in [-0.05, 0) is 19.9 Å². The van der Waals surface area contributed by atoms with Crippen LogP contribution in [-0.2, 0) is 4.79 Å². The predicted molar refractivity (Wildman–Crippen MR) is 68.7 cm³/mol. The standard InChI is InChI=1S/C14H19NO3/c1-14(2,13(16)17)9-15-11-7-8-18-12-6-4-3-5-10(11)12/h3-6,11,15H,7-9H2,1-2H3,(H,16,17). The van der Waals surface area contributed by atoms with E-state index in [4.69, 9.17) is 9.84 Å². The van der Waals surface area contributed by atoms with Crippen LogP contribution < -0.4 is 10.1 Å². The van der Waals surface area contributed by atoms with Crippen LogP contribution in [0, 0.1) is 5.41 Å². The van der Waals surface area contributed by atoms with Crippen molar-refractivity contribution in [2.45, 2.75) is 26.3 Å². The zero-order valence-electron chi connectivity index (χ0n) is 10.8. The first kappa shape index (κ1) is 12.9. The van der Waals surface area contributed by atoms with Crippen molar-refractivity contribution in [2.75, 3.05) is 13.2 Å². The van der Waals surface area contributed by atoms with Crippen LogP contribution in [0.25, 0.3) is 0 Å². The number of hydrogen-bond acceptors (Lipinski definition) is 3. The van der Waals surface area contributed by atoms with Crippen molar-refractivity contribution in [3.05, 3.63) is 29.8 Å². The third kappa shape index (κ3) is 2.64. The third-order valence-electron chi connectivity index (χ3n) is 3.33. The fraction of sp³-hybridized carbons (Fsp3) is 0.500. The van der Waals surface area contributed by atoms with Crippen LogP contribution in [-0.4, -0.2) is 24.2 Å². The Hall–Kier alpha value is -1.55. The molecule has 1 atom stereocenters. The number of ether oxygens (including phenoxy) is 1. The molecule has 0 saturated heterocycles. The van der Waals surface area contributed by atoms with Crippen LogP contribution in [0.4, 0.5) is 0 Å². The molecular weight excluding hydrogens is 230 g/mol. The molecule has 1 aromatic carbocycles. The molecule has 1 aromatic rings. The first-order valence-electron chi connectivity index (χ1n) is 6.19. The Morgan fingerprint density at radius 3 is 2.94 bits per heavy atom. The average molecular weight is 249 g/mol. The summed E-state index contributed by atoms with van der Waals surface area (Å²) in [6.07, 6.45) is 0.868. The van der Waals surface area contributed by atoms with Crippen molar-refractivity contribution >= 4 is 5.97 Å². The van der Waals surface area contributed by atoms with Crippen molar-refractivity contribution in [3.8, 4) is 5.75 Å². The summed E-state index contributed by atoms with van der Waals surface area (Å²) in [6.45, 7) is 4.57. The second-order valence-electron chi connectivity index (χ2n) is 5.30. The van der Waals surface area contributed by atoms with Crippen LogP contribution in [0.1, 0.15) is 31.9 Å². The van der Waals surface area contributed by atoms with Gasteiger partial charge in [-0.1, -0.05) is 18.2 Å². The summed E-state index contributed by atoms with van der Waals surface area (Å²) < 4.78 is 5.58. The summed E-state index contributed by atoms with van der Waals surface area (Å²) in [5.41, 5.74) is 0.359. The molecule has 0 bridgehead atoms. The molecule has 4 nitrogen and oxygen atoms in total. The van der Waals surface area contributed by atoms with Gasteiger partial charge in [0.1, 0.15) is 5.75 Å². The lowest BCUT2D eigenvalue weighted by molar-refractivity contribution is -0.146. The maximum atomic E-state index is 11.1. The fourth-order valence-corrected chi connectivity index (χ4v) is 2.01. The monoisotopic (exact) mass is 249 g/mol. The van der Waals surface area contributed by atoms with Gasteiger partial charge in [-0.3, -0.25) is 4.79 Å². The number of aliphatic carboxylic acids is 1. The molecular formula is C14H19NO3. The Morgan fingerprint density at radius 1 is 1.50 bits per heavy atom. The summed E-state index contributed by atoms with van der Waals surface area (Å²) in [5, 5.41) is 12.4. The first-order chi connectivity index (χ1) is 8.50. The predicted octanol–water partition coefficient (Wildman–Crippen LogP) is 2.21. The van der Waals surface area contributed by atoms with E-state index in [1.165, 1.54) is 0 Å². The van der Waals surface area contributed by atoms with E-state index < -0.39 is 11.4 Å². The van der Waals surface area contributed by atoms with Crippen molar-refractivity contribution in [1.82, 2.24) is 5.32 Å². The molecule has 0 radical (unpaired) electrons. The van der Waals surface area contributed by atoms with Gasteiger partial charge in [0.25, 0.3) is 0 Å². The number of carboxylic acids is 1. The summed E-state index contributed by atoms with van der Waals surface area (Å²) in [5.74, 6) is 0.115. The van der Waals surface area contributed by atoms with E-state index in [0.29, 0.717) is 13.2 Å². The molecule has 1 heterocycles. The van der Waals surface area contributed by atoms with Gasteiger partial charge in [0.2, 0.25) is 0 Å². The maximum absolute atomic E-state index is 11.1. The Labute approximate surface area is 107 Å². The molecule has 0 aromatic heterocycles. The minimum Gasteiger partial charge on any atom is -0.493 e. The van der Waals surface area contributed by atoms with Crippen molar-refractivity contribution in [2.24, 2.45) is 5.41 Å². The highest BCUT2D eigenvalue weighted by atomic mass is 16.5. The van der Waals surface area contributed by atoms with E-state index in [9.17, 15) is 4.79 Å². The lowest BCUT2D eigenvalue weighted by Gasteiger charge is -2.29. The quantitative estimate of drug-likeness (QED) is 0.859. The van der Waals surface area contributed by atoms with Crippen molar-refractivity contribution < 1.29 is 14.6 Å². The van der Waals surface area contributed by atoms with E-state index in [-0.39, 0.29) is 6.04 Å². The molecule has 0 fully saturated rings. The van der Waals surface area contributed by atoms with Gasteiger partial charge in [-0.2, -0.15) is 0 Å². The number of fused-ring (bicyclic) bond motifs is 1. The minimum atomic E-state index is -0.782. The topological polar surface area (TPSA) is 58.6 Å². The molecule has 1 aliphatic rings. The number of rotatable bonds is 4. The molecule has 2 N–H and O–H groups in total. The summed E-state index contributed by atoms with van der Waals surface area (Å²) in [6, 6.07) is 8.08. The number of para-hydroxylation sites is 1. The summed E-state index contributed by atoms with van der Waals surface area (Å²) >= 11 is 0. The molecule has 1 unspecified atom stereocenters. The molecule has 2 rings (SSSR count). The molecule has 4 heteroatoms. The molecule has 0 amide bonds. The Balaban J connectivity index is 2.06. The summed E-state index contributed by atoms with van der Waals surface area (Å²) in [4.78, 5) is 11.1. The SMILES string of the molecule is CC(C)(CNC1CCOc2ccccc21)C(=O)O.